The molecule has 0 spiro atoms. The molecule has 0 saturated carbocycles. The molecule has 0 fully saturated rings. The fourth-order valence-electron chi connectivity index (χ4n) is 2.21. The summed E-state index contributed by atoms with van der Waals surface area (Å²) in [5.41, 5.74) is 1.52. The molecule has 2 rings (SSSR count). The van der Waals surface area contributed by atoms with Gasteiger partial charge in [0.2, 0.25) is 0 Å². The molecule has 0 saturated heterocycles. The van der Waals surface area contributed by atoms with Crippen molar-refractivity contribution in [1.82, 2.24) is 10.2 Å². The Hall–Kier alpha value is -1.88. The highest BCUT2D eigenvalue weighted by atomic mass is 16.3. The zero-order chi connectivity index (χ0) is 14.8. The van der Waals surface area contributed by atoms with Gasteiger partial charge in [-0.05, 0) is 31.4 Å². The second-order valence-corrected chi connectivity index (χ2v) is 5.74. The van der Waals surface area contributed by atoms with Crippen LogP contribution in [0.5, 0.6) is 0 Å². The number of aliphatic hydroxyl groups excluding tert-OH is 1. The topological polar surface area (TPSA) is 69.6 Å². The Bertz CT molecular complexity index is 526. The first-order valence-corrected chi connectivity index (χ1v) is 6.72. The van der Waals surface area contributed by atoms with Gasteiger partial charge in [0.25, 0.3) is 0 Å². The molecule has 5 heteroatoms. The molecule has 2 amide bonds. The first kappa shape index (κ1) is 14.5. The Kier molecular flexibility index (Phi) is 4.09. The smallest absolute Gasteiger partial charge is 0.312 e. The number of benzene rings is 1. The van der Waals surface area contributed by atoms with Crippen molar-refractivity contribution in [3.8, 4) is 0 Å². The van der Waals surface area contributed by atoms with Gasteiger partial charge in [-0.25, -0.2) is 0 Å². The number of carbonyl (C=O) groups is 2. The highest BCUT2D eigenvalue weighted by molar-refractivity contribution is 6.35. The summed E-state index contributed by atoms with van der Waals surface area (Å²) < 4.78 is 0. The molecule has 1 aromatic carbocycles. The molecule has 0 radical (unpaired) electrons. The van der Waals surface area contributed by atoms with Gasteiger partial charge < -0.3 is 15.3 Å². The van der Waals surface area contributed by atoms with Crippen LogP contribution >= 0.6 is 0 Å². The number of rotatable bonds is 2. The van der Waals surface area contributed by atoms with E-state index in [1.807, 2.05) is 24.3 Å². The first-order chi connectivity index (χ1) is 9.43. The Morgan fingerprint density at radius 3 is 2.60 bits per heavy atom. The molecule has 0 aromatic heterocycles. The number of carbonyl (C=O) groups excluding carboxylic acids is 2. The van der Waals surface area contributed by atoms with Crippen molar-refractivity contribution in [3.05, 3.63) is 35.4 Å². The molecule has 0 bridgehead atoms. The van der Waals surface area contributed by atoms with E-state index >= 15 is 0 Å². The largest absolute Gasteiger partial charge is 0.394 e. The Morgan fingerprint density at radius 2 is 1.95 bits per heavy atom. The van der Waals surface area contributed by atoms with E-state index in [0.717, 1.165) is 12.0 Å². The number of nitrogens with one attached hydrogen (secondary N) is 1. The lowest BCUT2D eigenvalue weighted by atomic mass is 10.00. The summed E-state index contributed by atoms with van der Waals surface area (Å²) in [6.07, 6.45) is 0.762. The monoisotopic (exact) mass is 276 g/mol. The van der Waals surface area contributed by atoms with Crippen molar-refractivity contribution >= 4 is 11.8 Å². The predicted octanol–water partition coefficient (Wildman–Crippen LogP) is 0.458. The first-order valence-electron chi connectivity index (χ1n) is 6.72. The van der Waals surface area contributed by atoms with Crippen LogP contribution in [0.2, 0.25) is 0 Å². The quantitative estimate of drug-likeness (QED) is 0.771. The van der Waals surface area contributed by atoms with Gasteiger partial charge in [-0.1, -0.05) is 24.3 Å². The van der Waals surface area contributed by atoms with Gasteiger partial charge in [0.1, 0.15) is 0 Å². The van der Waals surface area contributed by atoms with Crippen molar-refractivity contribution in [2.24, 2.45) is 0 Å². The number of hydrogen-bond acceptors (Lipinski definition) is 3. The van der Waals surface area contributed by atoms with E-state index < -0.39 is 17.4 Å². The molecule has 0 aliphatic carbocycles. The molecule has 1 heterocycles. The lowest BCUT2D eigenvalue weighted by Gasteiger charge is -2.30. The standard InChI is InChI=1S/C15H20N2O3/c1-15(2,10-18)16-13(19)14(20)17-8-7-11-5-3-4-6-12(11)9-17/h3-6,18H,7-10H2,1-2H3,(H,16,19). The van der Waals surface area contributed by atoms with Crippen LogP contribution in [-0.2, 0) is 22.6 Å². The molecule has 1 aromatic rings. The third-order valence-electron chi connectivity index (χ3n) is 3.46. The SMILES string of the molecule is CC(C)(CO)NC(=O)C(=O)N1CCc2ccccc2C1. The number of fused-ring (bicyclic) bond motifs is 1. The molecule has 1 aliphatic heterocycles. The van der Waals surface area contributed by atoms with Crippen molar-refractivity contribution in [2.75, 3.05) is 13.2 Å². The highest BCUT2D eigenvalue weighted by Crippen LogP contribution is 2.18. The zero-order valence-corrected chi connectivity index (χ0v) is 11.8. The summed E-state index contributed by atoms with van der Waals surface area (Å²) in [7, 11) is 0. The van der Waals surface area contributed by atoms with Crippen molar-refractivity contribution in [1.29, 1.82) is 0 Å². The minimum Gasteiger partial charge on any atom is -0.394 e. The van der Waals surface area contributed by atoms with Crippen LogP contribution in [0.25, 0.3) is 0 Å². The van der Waals surface area contributed by atoms with Gasteiger partial charge in [-0.2, -0.15) is 0 Å². The van der Waals surface area contributed by atoms with Crippen LogP contribution in [0, 0.1) is 0 Å². The van der Waals surface area contributed by atoms with Crippen LogP contribution in [0.4, 0.5) is 0 Å². The molecule has 108 valence electrons. The number of aliphatic hydroxyl groups is 1. The summed E-state index contributed by atoms with van der Waals surface area (Å²) >= 11 is 0. The fraction of sp³-hybridized carbons (Fsp3) is 0.467. The number of hydrogen-bond donors (Lipinski definition) is 2. The van der Waals surface area contributed by atoms with Crippen molar-refractivity contribution in [3.63, 3.8) is 0 Å². The van der Waals surface area contributed by atoms with E-state index in [-0.39, 0.29) is 6.61 Å². The van der Waals surface area contributed by atoms with Crippen LogP contribution in [0.3, 0.4) is 0 Å². The molecule has 0 unspecified atom stereocenters. The second kappa shape index (κ2) is 5.63. The molecule has 5 nitrogen and oxygen atoms in total. The lowest BCUT2D eigenvalue weighted by Crippen LogP contribution is -2.53. The van der Waals surface area contributed by atoms with Gasteiger partial charge in [0, 0.05) is 13.1 Å². The maximum Gasteiger partial charge on any atom is 0.312 e. The summed E-state index contributed by atoms with van der Waals surface area (Å²) in [4.78, 5) is 25.6. The van der Waals surface area contributed by atoms with Crippen LogP contribution in [-0.4, -0.2) is 40.5 Å². The molecule has 2 N–H and O–H groups in total. The Morgan fingerprint density at radius 1 is 1.30 bits per heavy atom. The summed E-state index contributed by atoms with van der Waals surface area (Å²) in [6, 6.07) is 7.94. The van der Waals surface area contributed by atoms with Gasteiger partial charge in [0.05, 0.1) is 12.1 Å². The van der Waals surface area contributed by atoms with Gasteiger partial charge in [0.15, 0.2) is 0 Å². The number of nitrogens with zero attached hydrogens (tertiary/aromatic N) is 1. The maximum absolute atomic E-state index is 12.1. The molecular weight excluding hydrogens is 256 g/mol. The van der Waals surface area contributed by atoms with E-state index in [0.29, 0.717) is 13.1 Å². The van der Waals surface area contributed by atoms with E-state index in [9.17, 15) is 9.59 Å². The predicted molar refractivity (Wildman–Crippen MR) is 74.9 cm³/mol. The van der Waals surface area contributed by atoms with E-state index in [1.165, 1.54) is 5.56 Å². The fourth-order valence-corrected chi connectivity index (χ4v) is 2.21. The minimum atomic E-state index is -0.791. The highest BCUT2D eigenvalue weighted by Gasteiger charge is 2.29. The molecule has 0 atom stereocenters. The van der Waals surface area contributed by atoms with E-state index in [1.54, 1.807) is 18.7 Å². The third kappa shape index (κ3) is 3.17. The average Bonchev–Trinajstić information content (AvgIpc) is 2.45. The normalized spacial score (nSPS) is 14.7. The van der Waals surface area contributed by atoms with Gasteiger partial charge in [-0.3, -0.25) is 9.59 Å². The molecule has 20 heavy (non-hydrogen) atoms. The Balaban J connectivity index is 2.03. The van der Waals surface area contributed by atoms with E-state index in [4.69, 9.17) is 5.11 Å². The van der Waals surface area contributed by atoms with Crippen LogP contribution in [0.15, 0.2) is 24.3 Å². The third-order valence-corrected chi connectivity index (χ3v) is 3.46. The zero-order valence-electron chi connectivity index (χ0n) is 11.8. The summed E-state index contributed by atoms with van der Waals surface area (Å²) in [5, 5.41) is 11.7. The molecular formula is C15H20N2O3. The van der Waals surface area contributed by atoms with Crippen LogP contribution < -0.4 is 5.32 Å². The van der Waals surface area contributed by atoms with Crippen LogP contribution in [0.1, 0.15) is 25.0 Å². The van der Waals surface area contributed by atoms with E-state index in [2.05, 4.69) is 5.32 Å². The summed E-state index contributed by atoms with van der Waals surface area (Å²) in [6.45, 7) is 4.13. The van der Waals surface area contributed by atoms with Crippen molar-refractivity contribution < 1.29 is 14.7 Å². The van der Waals surface area contributed by atoms with Crippen molar-refractivity contribution in [2.45, 2.75) is 32.4 Å². The number of amides is 2. The van der Waals surface area contributed by atoms with Gasteiger partial charge >= 0.3 is 11.8 Å². The molecule has 1 aliphatic rings. The lowest BCUT2D eigenvalue weighted by molar-refractivity contribution is -0.147. The Labute approximate surface area is 118 Å². The average molecular weight is 276 g/mol. The second-order valence-electron chi connectivity index (χ2n) is 5.74. The minimum absolute atomic E-state index is 0.213. The summed E-state index contributed by atoms with van der Waals surface area (Å²) in [5.74, 6) is -1.20. The van der Waals surface area contributed by atoms with Gasteiger partial charge in [-0.15, -0.1) is 0 Å². The maximum atomic E-state index is 12.1.